The summed E-state index contributed by atoms with van der Waals surface area (Å²) in [5.74, 6) is 0.241. The number of fused-ring (bicyclic) bond motifs is 1. The van der Waals surface area contributed by atoms with Gasteiger partial charge < -0.3 is 9.64 Å². The first-order chi connectivity index (χ1) is 16.2. The quantitative estimate of drug-likeness (QED) is 0.372. The fourth-order valence-electron chi connectivity index (χ4n) is 4.89. The van der Waals surface area contributed by atoms with Crippen LogP contribution in [0.3, 0.4) is 0 Å². The van der Waals surface area contributed by atoms with Crippen LogP contribution in [0.15, 0.2) is 54.2 Å². The Morgan fingerprint density at radius 1 is 0.848 bits per heavy atom. The van der Waals surface area contributed by atoms with E-state index in [2.05, 4.69) is 30.0 Å². The lowest BCUT2D eigenvalue weighted by molar-refractivity contribution is -0.137. The highest BCUT2D eigenvalue weighted by Gasteiger charge is 2.42. The van der Waals surface area contributed by atoms with E-state index < -0.39 is 0 Å². The van der Waals surface area contributed by atoms with Crippen molar-refractivity contribution in [3.8, 4) is 5.75 Å². The standard InChI is InChI=1S/C28H34N2O3/c1-3-4-5-6-7-12-18-30-27(31)25(23-15-10-11-16-24(23)33-2)26(28(30)32)29-19-17-21-13-8-9-14-22(21)20-29/h8-11,13-16H,3-7,12,17-20H2,1-2H3. The van der Waals surface area contributed by atoms with E-state index in [9.17, 15) is 9.59 Å². The average Bonchev–Trinajstić information content (AvgIpc) is 3.10. The molecule has 0 saturated heterocycles. The number of benzene rings is 2. The lowest BCUT2D eigenvalue weighted by atomic mass is 9.97. The maximum atomic E-state index is 13.6. The van der Waals surface area contributed by atoms with Gasteiger partial charge in [0.2, 0.25) is 0 Å². The summed E-state index contributed by atoms with van der Waals surface area (Å²) in [5.41, 5.74) is 4.21. The second-order valence-corrected chi connectivity index (χ2v) is 8.89. The van der Waals surface area contributed by atoms with Crippen molar-refractivity contribution in [1.29, 1.82) is 0 Å². The van der Waals surface area contributed by atoms with Crippen LogP contribution in [0.2, 0.25) is 0 Å². The molecule has 0 aromatic heterocycles. The molecule has 2 aliphatic rings. The second-order valence-electron chi connectivity index (χ2n) is 8.89. The average molecular weight is 447 g/mol. The number of hydrogen-bond acceptors (Lipinski definition) is 4. The van der Waals surface area contributed by atoms with Gasteiger partial charge in [-0.3, -0.25) is 14.5 Å². The third-order valence-electron chi connectivity index (χ3n) is 6.70. The summed E-state index contributed by atoms with van der Waals surface area (Å²) in [6, 6.07) is 15.8. The molecule has 2 amide bonds. The number of imide groups is 1. The molecule has 4 rings (SSSR count). The van der Waals surface area contributed by atoms with E-state index in [1.807, 2.05) is 30.3 Å². The summed E-state index contributed by atoms with van der Waals surface area (Å²) in [4.78, 5) is 30.8. The molecule has 5 heteroatoms. The molecule has 174 valence electrons. The van der Waals surface area contributed by atoms with Gasteiger partial charge in [-0.05, 0) is 30.0 Å². The first kappa shape index (κ1) is 23.1. The minimum Gasteiger partial charge on any atom is -0.496 e. The Kier molecular flexibility index (Phi) is 7.48. The first-order valence-electron chi connectivity index (χ1n) is 12.2. The zero-order valence-electron chi connectivity index (χ0n) is 19.8. The molecule has 2 aliphatic heterocycles. The molecule has 2 heterocycles. The van der Waals surface area contributed by atoms with Crippen LogP contribution >= 0.6 is 0 Å². The van der Waals surface area contributed by atoms with E-state index in [-0.39, 0.29) is 11.8 Å². The number of nitrogens with zero attached hydrogens (tertiary/aromatic N) is 2. The van der Waals surface area contributed by atoms with Gasteiger partial charge in [0.05, 0.1) is 12.7 Å². The molecule has 0 unspecified atom stereocenters. The molecule has 0 atom stereocenters. The van der Waals surface area contributed by atoms with Gasteiger partial charge in [-0.2, -0.15) is 0 Å². The van der Waals surface area contributed by atoms with Crippen molar-refractivity contribution in [3.05, 3.63) is 70.9 Å². The highest BCUT2D eigenvalue weighted by Crippen LogP contribution is 2.38. The summed E-state index contributed by atoms with van der Waals surface area (Å²) < 4.78 is 5.57. The highest BCUT2D eigenvalue weighted by atomic mass is 16.5. The van der Waals surface area contributed by atoms with Crippen molar-refractivity contribution in [2.45, 2.75) is 58.4 Å². The van der Waals surface area contributed by atoms with Gasteiger partial charge in [0, 0.05) is 25.2 Å². The van der Waals surface area contributed by atoms with Crippen molar-refractivity contribution in [2.75, 3.05) is 20.2 Å². The number of hydrogen-bond donors (Lipinski definition) is 0. The molecule has 2 aromatic rings. The van der Waals surface area contributed by atoms with Crippen LogP contribution in [0.25, 0.3) is 5.57 Å². The Labute approximate surface area is 197 Å². The molecule has 33 heavy (non-hydrogen) atoms. The van der Waals surface area contributed by atoms with E-state index in [0.29, 0.717) is 35.7 Å². The monoisotopic (exact) mass is 446 g/mol. The molecule has 0 spiro atoms. The van der Waals surface area contributed by atoms with Gasteiger partial charge >= 0.3 is 0 Å². The van der Waals surface area contributed by atoms with Crippen molar-refractivity contribution >= 4 is 17.4 Å². The van der Waals surface area contributed by atoms with Crippen LogP contribution in [-0.4, -0.2) is 41.8 Å². The second kappa shape index (κ2) is 10.7. The van der Waals surface area contributed by atoms with Crippen molar-refractivity contribution in [2.24, 2.45) is 0 Å². The van der Waals surface area contributed by atoms with Gasteiger partial charge in [-0.1, -0.05) is 81.5 Å². The normalized spacial score (nSPS) is 15.9. The molecule has 0 N–H and O–H groups in total. The summed E-state index contributed by atoms with van der Waals surface area (Å²) >= 11 is 0. The summed E-state index contributed by atoms with van der Waals surface area (Å²) in [6.07, 6.45) is 7.54. The molecule has 0 radical (unpaired) electrons. The van der Waals surface area contributed by atoms with Crippen molar-refractivity contribution < 1.29 is 14.3 Å². The lowest BCUT2D eigenvalue weighted by Gasteiger charge is -2.31. The molecule has 0 bridgehead atoms. The van der Waals surface area contributed by atoms with Crippen LogP contribution in [0.4, 0.5) is 0 Å². The summed E-state index contributed by atoms with van der Waals surface area (Å²) in [6.45, 7) is 4.02. The number of amides is 2. The zero-order chi connectivity index (χ0) is 23.2. The van der Waals surface area contributed by atoms with Gasteiger partial charge in [0.25, 0.3) is 11.8 Å². The first-order valence-corrected chi connectivity index (χ1v) is 12.2. The maximum absolute atomic E-state index is 13.6. The summed E-state index contributed by atoms with van der Waals surface area (Å²) in [7, 11) is 1.60. The zero-order valence-corrected chi connectivity index (χ0v) is 19.8. The smallest absolute Gasteiger partial charge is 0.277 e. The third kappa shape index (κ3) is 4.82. The molecular formula is C28H34N2O3. The third-order valence-corrected chi connectivity index (χ3v) is 6.70. The van der Waals surface area contributed by atoms with Crippen molar-refractivity contribution in [3.63, 3.8) is 0 Å². The molecule has 5 nitrogen and oxygen atoms in total. The number of methoxy groups -OCH3 is 1. The van der Waals surface area contributed by atoms with E-state index in [4.69, 9.17) is 4.74 Å². The minimum atomic E-state index is -0.202. The van der Waals surface area contributed by atoms with E-state index in [1.54, 1.807) is 7.11 Å². The van der Waals surface area contributed by atoms with E-state index >= 15 is 0 Å². The predicted molar refractivity (Wildman–Crippen MR) is 131 cm³/mol. The van der Waals surface area contributed by atoms with E-state index in [0.717, 1.165) is 32.2 Å². The predicted octanol–water partition coefficient (Wildman–Crippen LogP) is 5.19. The number of para-hydroxylation sites is 1. The largest absolute Gasteiger partial charge is 0.496 e. The van der Waals surface area contributed by atoms with Crippen LogP contribution in [-0.2, 0) is 22.6 Å². The SMILES string of the molecule is CCCCCCCCN1C(=O)C(c2ccccc2OC)=C(N2CCc3ccccc3C2)C1=O. The minimum absolute atomic E-state index is 0.172. The summed E-state index contributed by atoms with van der Waals surface area (Å²) in [5, 5.41) is 0. The number of carbonyl (C=O) groups excluding carboxylic acids is 2. The maximum Gasteiger partial charge on any atom is 0.277 e. The Hall–Kier alpha value is -3.08. The highest BCUT2D eigenvalue weighted by molar-refractivity contribution is 6.36. The fourth-order valence-corrected chi connectivity index (χ4v) is 4.89. The van der Waals surface area contributed by atoms with Gasteiger partial charge in [-0.25, -0.2) is 0 Å². The van der Waals surface area contributed by atoms with Crippen LogP contribution in [0, 0.1) is 0 Å². The van der Waals surface area contributed by atoms with Crippen LogP contribution < -0.4 is 4.74 Å². The Morgan fingerprint density at radius 2 is 1.55 bits per heavy atom. The topological polar surface area (TPSA) is 49.9 Å². The van der Waals surface area contributed by atoms with Gasteiger partial charge in [-0.15, -0.1) is 0 Å². The fraction of sp³-hybridized carbons (Fsp3) is 0.429. The van der Waals surface area contributed by atoms with E-state index in [1.165, 1.54) is 35.3 Å². The Morgan fingerprint density at radius 3 is 2.33 bits per heavy atom. The Bertz CT molecular complexity index is 1040. The molecule has 0 saturated carbocycles. The van der Waals surface area contributed by atoms with Crippen molar-refractivity contribution in [1.82, 2.24) is 9.80 Å². The lowest BCUT2D eigenvalue weighted by Crippen LogP contribution is -2.37. The van der Waals surface area contributed by atoms with Crippen LogP contribution in [0.1, 0.15) is 62.1 Å². The number of unbranched alkanes of at least 4 members (excludes halogenated alkanes) is 5. The molecule has 2 aromatic carbocycles. The number of carbonyl (C=O) groups is 2. The van der Waals surface area contributed by atoms with Gasteiger partial charge in [0.1, 0.15) is 11.4 Å². The number of rotatable bonds is 10. The number of ether oxygens (including phenoxy) is 1. The van der Waals surface area contributed by atoms with Gasteiger partial charge in [0.15, 0.2) is 0 Å². The molecular weight excluding hydrogens is 412 g/mol. The molecule has 0 aliphatic carbocycles. The molecule has 0 fully saturated rings. The Balaban J connectivity index is 1.63. The van der Waals surface area contributed by atoms with Crippen LogP contribution in [0.5, 0.6) is 5.75 Å².